The molecule has 0 rings (SSSR count). The van der Waals surface area contributed by atoms with Crippen LogP contribution in [0.5, 0.6) is 0 Å². The molecule has 4 amide bonds. The molecular formula is C15H21F4N7O7S3. The molecule has 0 unspecified atom stereocenters. The van der Waals surface area contributed by atoms with Crippen LogP contribution < -0.4 is 5.48 Å². The highest BCUT2D eigenvalue weighted by atomic mass is 32.2. The molecule has 204 valence electrons. The zero-order chi connectivity index (χ0) is 28.2. The number of hydrogen-bond donors (Lipinski definition) is 1. The number of nitrogens with zero attached hydrogens (tertiary/aromatic N) is 6. The smallest absolute Gasteiger partial charge is 0.323 e. The van der Waals surface area contributed by atoms with Gasteiger partial charge in [0.1, 0.15) is 5.71 Å². The molecule has 0 saturated heterocycles. The summed E-state index contributed by atoms with van der Waals surface area (Å²) in [5.74, 6) is 0. The number of carbonyl (C=O) groups excluding carboxylic acids is 4. The highest BCUT2D eigenvalue weighted by Crippen LogP contribution is 2.24. The van der Waals surface area contributed by atoms with Crippen molar-refractivity contribution in [2.24, 2.45) is 10.3 Å². The summed E-state index contributed by atoms with van der Waals surface area (Å²) < 4.78 is 52.9. The summed E-state index contributed by atoms with van der Waals surface area (Å²) in [5, 5.41) is 4.77. The number of halogens is 4. The molecule has 21 heteroatoms. The maximum absolute atomic E-state index is 12.6. The fraction of sp³-hybridized carbons (Fsp3) is 0.467. The quantitative estimate of drug-likeness (QED) is 0.0615. The number of nitrogens with one attached hydrogen (secondary N) is 1. The lowest BCUT2D eigenvalue weighted by molar-refractivity contribution is -0.0575. The van der Waals surface area contributed by atoms with Crippen LogP contribution in [-0.2, 0) is 14.5 Å². The third-order valence-corrected chi connectivity index (χ3v) is 5.37. The normalized spacial score (nSPS) is 11.7. The van der Waals surface area contributed by atoms with Crippen LogP contribution >= 0.6 is 36.0 Å². The van der Waals surface area contributed by atoms with Crippen molar-refractivity contribution < 1.29 is 51.3 Å². The third-order valence-electron chi connectivity index (χ3n) is 3.11. The fourth-order valence-corrected chi connectivity index (χ4v) is 2.75. The van der Waals surface area contributed by atoms with Gasteiger partial charge in [-0.05, 0) is 13.2 Å². The maximum Gasteiger partial charge on any atom is 0.447 e. The molecular weight excluding hydrogens is 562 g/mol. The summed E-state index contributed by atoms with van der Waals surface area (Å²) in [6, 6.07) is 0. The Labute approximate surface area is 215 Å². The van der Waals surface area contributed by atoms with E-state index in [4.69, 9.17) is 4.84 Å². The van der Waals surface area contributed by atoms with E-state index in [0.717, 1.165) is 36.0 Å². The minimum absolute atomic E-state index is 0.0624. The topological polar surface area (TPSA) is 146 Å². The monoisotopic (exact) mass is 583 g/mol. The molecule has 0 radical (unpaired) electrons. The average molecular weight is 584 g/mol. The van der Waals surface area contributed by atoms with Crippen LogP contribution in [0.4, 0.5) is 36.7 Å². The number of hydrogen-bond acceptors (Lipinski definition) is 13. The molecule has 36 heavy (non-hydrogen) atoms. The molecule has 0 aromatic carbocycles. The number of alkyl halides is 3. The predicted octanol–water partition coefficient (Wildman–Crippen LogP) is 3.97. The predicted molar refractivity (Wildman–Crippen MR) is 125 cm³/mol. The number of hydroxylamine groups is 1. The third kappa shape index (κ3) is 12.1. The Morgan fingerprint density at radius 2 is 1.31 bits per heavy atom. The van der Waals surface area contributed by atoms with E-state index in [0.29, 0.717) is 32.9 Å². The minimum atomic E-state index is -4.80. The van der Waals surface area contributed by atoms with E-state index in [9.17, 15) is 36.7 Å². The second kappa shape index (κ2) is 15.1. The molecule has 0 aromatic heterocycles. The van der Waals surface area contributed by atoms with Gasteiger partial charge in [-0.3, -0.25) is 9.68 Å². The van der Waals surface area contributed by atoms with Crippen LogP contribution in [0.25, 0.3) is 0 Å². The summed E-state index contributed by atoms with van der Waals surface area (Å²) in [6.45, 7) is 4.80. The molecule has 0 heterocycles. The molecule has 0 atom stereocenters. The van der Waals surface area contributed by atoms with Crippen molar-refractivity contribution in [3.05, 3.63) is 12.3 Å². The first kappa shape index (κ1) is 32.9. The van der Waals surface area contributed by atoms with Gasteiger partial charge in [-0.2, -0.15) is 13.2 Å². The van der Waals surface area contributed by atoms with Gasteiger partial charge in [0.05, 0.1) is 30.0 Å². The number of carbonyl (C=O) groups is 4. The molecule has 0 aromatic rings. The van der Waals surface area contributed by atoms with E-state index in [1.54, 1.807) is 0 Å². The Morgan fingerprint density at radius 3 is 1.75 bits per heavy atom. The lowest BCUT2D eigenvalue weighted by atomic mass is 10.3. The summed E-state index contributed by atoms with van der Waals surface area (Å²) >= 11 is 1.01. The number of amides is 4. The largest absolute Gasteiger partial charge is 0.447 e. The lowest BCUT2D eigenvalue weighted by Crippen LogP contribution is -2.33. The van der Waals surface area contributed by atoms with Crippen molar-refractivity contribution in [3.63, 3.8) is 0 Å². The SMILES string of the molecule is C=C(NOC(=O)N(C)SN(C)C(=O)ON=C(SC)C(F)(F)F)C(C)=NOC(=O)N(C)SN(C)C(=O)F. The van der Waals surface area contributed by atoms with Gasteiger partial charge in [-0.15, -0.1) is 16.2 Å². The summed E-state index contributed by atoms with van der Waals surface area (Å²) in [4.78, 5) is 59.5. The van der Waals surface area contributed by atoms with Gasteiger partial charge in [0.25, 0.3) is 0 Å². The first-order valence-electron chi connectivity index (χ1n) is 8.83. The van der Waals surface area contributed by atoms with Crippen molar-refractivity contribution in [3.8, 4) is 0 Å². The Balaban J connectivity index is 4.69. The van der Waals surface area contributed by atoms with Gasteiger partial charge < -0.3 is 4.84 Å². The Hall–Kier alpha value is -3.07. The maximum atomic E-state index is 12.6. The molecule has 0 aliphatic carbocycles. The van der Waals surface area contributed by atoms with E-state index >= 15 is 0 Å². The Bertz CT molecular complexity index is 907. The molecule has 0 spiro atoms. The molecule has 0 aliphatic rings. The van der Waals surface area contributed by atoms with E-state index < -0.39 is 35.7 Å². The number of oxime groups is 2. The molecule has 0 bridgehead atoms. The molecule has 14 nitrogen and oxygen atoms in total. The van der Waals surface area contributed by atoms with Crippen LogP contribution in [0.15, 0.2) is 22.6 Å². The number of allylic oxidation sites excluding steroid dienone is 1. The second-order valence-corrected chi connectivity index (χ2v) is 9.16. The van der Waals surface area contributed by atoms with Crippen LogP contribution in [0, 0.1) is 0 Å². The van der Waals surface area contributed by atoms with E-state index in [1.165, 1.54) is 14.0 Å². The first-order valence-corrected chi connectivity index (χ1v) is 11.5. The lowest BCUT2D eigenvalue weighted by Gasteiger charge is -2.20. The number of rotatable bonds is 9. The van der Waals surface area contributed by atoms with Crippen molar-refractivity contribution >= 4 is 71.2 Å². The molecule has 0 fully saturated rings. The van der Waals surface area contributed by atoms with E-state index in [1.807, 2.05) is 0 Å². The van der Waals surface area contributed by atoms with Crippen molar-refractivity contribution in [1.29, 1.82) is 0 Å². The zero-order valence-electron chi connectivity index (χ0n) is 19.5. The van der Waals surface area contributed by atoms with Crippen LogP contribution in [-0.4, -0.2) is 93.0 Å². The molecule has 1 N–H and O–H groups in total. The number of thioether (sulfide) groups is 1. The van der Waals surface area contributed by atoms with Gasteiger partial charge >= 0.3 is 30.6 Å². The van der Waals surface area contributed by atoms with Crippen molar-refractivity contribution in [1.82, 2.24) is 22.7 Å². The fourth-order valence-electron chi connectivity index (χ4n) is 1.31. The van der Waals surface area contributed by atoms with Crippen molar-refractivity contribution in [2.45, 2.75) is 13.1 Å². The summed E-state index contributed by atoms with van der Waals surface area (Å²) in [6.07, 6.45) is -9.00. The first-order chi connectivity index (χ1) is 16.5. The van der Waals surface area contributed by atoms with Gasteiger partial charge in [-0.25, -0.2) is 41.9 Å². The van der Waals surface area contributed by atoms with Gasteiger partial charge in [0, 0.05) is 28.2 Å². The summed E-state index contributed by atoms with van der Waals surface area (Å²) in [7, 11) is 4.50. The average Bonchev–Trinajstić information content (AvgIpc) is 2.79. The van der Waals surface area contributed by atoms with Gasteiger partial charge in [-0.1, -0.05) is 16.9 Å². The highest BCUT2D eigenvalue weighted by molar-refractivity contribution is 8.13. The van der Waals surface area contributed by atoms with Crippen molar-refractivity contribution in [2.75, 3.05) is 34.4 Å². The Morgan fingerprint density at radius 1 is 0.861 bits per heavy atom. The van der Waals surface area contributed by atoms with Crippen LogP contribution in [0.2, 0.25) is 0 Å². The van der Waals surface area contributed by atoms with Crippen LogP contribution in [0.1, 0.15) is 6.92 Å². The molecule has 0 saturated carbocycles. The standard InChI is InChI=1S/C15H21F4N7O7S3/c1-8(20-31-12(28)24(4)35-23(3)11(16)27)9(2)21-32-13(29)25(5)36-26(6)14(30)33-22-10(34-7)15(17,18)19/h21H,2H2,1,3-7H3. The summed E-state index contributed by atoms with van der Waals surface area (Å²) in [5.41, 5.74) is 1.90. The highest BCUT2D eigenvalue weighted by Gasteiger charge is 2.36. The second-order valence-electron chi connectivity index (χ2n) is 5.84. The van der Waals surface area contributed by atoms with E-state index in [-0.39, 0.29) is 23.2 Å². The molecule has 0 aliphatic heterocycles. The van der Waals surface area contributed by atoms with Gasteiger partial charge in [0.15, 0.2) is 0 Å². The van der Waals surface area contributed by atoms with Gasteiger partial charge in [0.2, 0.25) is 5.04 Å². The van der Waals surface area contributed by atoms with Crippen LogP contribution in [0.3, 0.4) is 0 Å². The minimum Gasteiger partial charge on any atom is -0.323 e. The Kier molecular flexibility index (Phi) is 13.8. The zero-order valence-corrected chi connectivity index (χ0v) is 21.9. The van der Waals surface area contributed by atoms with E-state index in [2.05, 4.69) is 32.0 Å².